The summed E-state index contributed by atoms with van der Waals surface area (Å²) in [6.07, 6.45) is -0.541. The molecule has 1 amide bonds. The minimum absolute atomic E-state index is 0.113. The molecule has 2 aromatic rings. The lowest BCUT2D eigenvalue weighted by atomic mass is 10.1. The first-order chi connectivity index (χ1) is 13.5. The number of amides is 1. The molecule has 0 aliphatic carbocycles. The lowest BCUT2D eigenvalue weighted by Gasteiger charge is -2.26. The number of nitrogens with one attached hydrogen (secondary N) is 1. The van der Waals surface area contributed by atoms with Crippen LogP contribution in [0.3, 0.4) is 0 Å². The first kappa shape index (κ1) is 20.4. The Morgan fingerprint density at radius 2 is 1.79 bits per heavy atom. The molecule has 1 heterocycles. The van der Waals surface area contributed by atoms with Crippen LogP contribution in [0.15, 0.2) is 42.5 Å². The van der Waals surface area contributed by atoms with Gasteiger partial charge in [-0.25, -0.2) is 0 Å². The lowest BCUT2D eigenvalue weighted by Crippen LogP contribution is -2.36. The standard InChI is InChI=1S/C23H30N2O3/c1-17-4-5-18(2)22(14-17)28-19(3)23(26)24-15-20-6-8-21(9-7-20)16-25-10-12-27-13-11-25/h4-9,14,19H,10-13,15-16H2,1-3H3,(H,24,26)/t19-/m1/s1. The van der Waals surface area contributed by atoms with E-state index in [0.29, 0.717) is 6.54 Å². The predicted octanol–water partition coefficient (Wildman–Crippen LogP) is 3.22. The molecule has 1 fully saturated rings. The molecule has 1 N–H and O–H groups in total. The Morgan fingerprint density at radius 3 is 2.50 bits per heavy atom. The van der Waals surface area contributed by atoms with Gasteiger partial charge >= 0.3 is 0 Å². The highest BCUT2D eigenvalue weighted by molar-refractivity contribution is 5.80. The van der Waals surface area contributed by atoms with E-state index in [-0.39, 0.29) is 5.91 Å². The molecule has 150 valence electrons. The summed E-state index contributed by atoms with van der Waals surface area (Å²) in [5.74, 6) is 0.647. The van der Waals surface area contributed by atoms with Crippen molar-refractivity contribution in [3.05, 3.63) is 64.7 Å². The number of ether oxygens (including phenoxy) is 2. The Bertz CT molecular complexity index is 783. The third-order valence-electron chi connectivity index (χ3n) is 5.02. The molecular formula is C23H30N2O3. The van der Waals surface area contributed by atoms with Gasteiger partial charge in [-0.15, -0.1) is 0 Å². The maximum Gasteiger partial charge on any atom is 0.261 e. The first-order valence-corrected chi connectivity index (χ1v) is 9.91. The zero-order valence-electron chi connectivity index (χ0n) is 17.0. The molecule has 2 aromatic carbocycles. The van der Waals surface area contributed by atoms with Crippen molar-refractivity contribution in [1.29, 1.82) is 0 Å². The normalized spacial score (nSPS) is 15.8. The summed E-state index contributed by atoms with van der Waals surface area (Å²) >= 11 is 0. The summed E-state index contributed by atoms with van der Waals surface area (Å²) in [5.41, 5.74) is 4.51. The summed E-state index contributed by atoms with van der Waals surface area (Å²) in [7, 11) is 0. The molecule has 1 saturated heterocycles. The second-order valence-electron chi connectivity index (χ2n) is 7.45. The van der Waals surface area contributed by atoms with Gasteiger partial charge in [-0.3, -0.25) is 9.69 Å². The van der Waals surface area contributed by atoms with E-state index < -0.39 is 6.10 Å². The second kappa shape index (κ2) is 9.71. The SMILES string of the molecule is Cc1ccc(C)c(O[C@H](C)C(=O)NCc2ccc(CN3CCOCC3)cc2)c1. The van der Waals surface area contributed by atoms with Crippen LogP contribution in [0, 0.1) is 13.8 Å². The van der Waals surface area contributed by atoms with Crippen molar-refractivity contribution in [1.82, 2.24) is 10.2 Å². The molecule has 1 atom stereocenters. The summed E-state index contributed by atoms with van der Waals surface area (Å²) in [5, 5.41) is 2.96. The maximum absolute atomic E-state index is 12.4. The number of morpholine rings is 1. The van der Waals surface area contributed by atoms with Gasteiger partial charge in [-0.1, -0.05) is 36.4 Å². The minimum Gasteiger partial charge on any atom is -0.481 e. The van der Waals surface area contributed by atoms with Crippen molar-refractivity contribution >= 4 is 5.91 Å². The number of hydrogen-bond donors (Lipinski definition) is 1. The van der Waals surface area contributed by atoms with Crippen LogP contribution in [0.4, 0.5) is 0 Å². The highest BCUT2D eigenvalue weighted by Crippen LogP contribution is 2.20. The van der Waals surface area contributed by atoms with Gasteiger partial charge in [0, 0.05) is 26.2 Å². The zero-order chi connectivity index (χ0) is 19.9. The Labute approximate surface area is 167 Å². The summed E-state index contributed by atoms with van der Waals surface area (Å²) in [6.45, 7) is 10.8. The van der Waals surface area contributed by atoms with Crippen molar-refractivity contribution in [3.8, 4) is 5.75 Å². The Kier molecular flexibility index (Phi) is 7.06. The van der Waals surface area contributed by atoms with Crippen LogP contribution in [-0.2, 0) is 22.6 Å². The van der Waals surface area contributed by atoms with E-state index in [9.17, 15) is 4.79 Å². The Morgan fingerprint density at radius 1 is 1.11 bits per heavy atom. The second-order valence-corrected chi connectivity index (χ2v) is 7.45. The van der Waals surface area contributed by atoms with Crippen LogP contribution in [0.1, 0.15) is 29.2 Å². The molecule has 0 unspecified atom stereocenters. The number of benzene rings is 2. The van der Waals surface area contributed by atoms with Gasteiger partial charge in [0.15, 0.2) is 6.10 Å². The van der Waals surface area contributed by atoms with Crippen LogP contribution in [0.2, 0.25) is 0 Å². The van der Waals surface area contributed by atoms with Gasteiger partial charge in [0.2, 0.25) is 0 Å². The summed E-state index contributed by atoms with van der Waals surface area (Å²) in [6, 6.07) is 14.4. The van der Waals surface area contributed by atoms with E-state index >= 15 is 0 Å². The van der Waals surface area contributed by atoms with E-state index in [4.69, 9.17) is 9.47 Å². The molecule has 0 saturated carbocycles. The third-order valence-corrected chi connectivity index (χ3v) is 5.02. The highest BCUT2D eigenvalue weighted by Gasteiger charge is 2.15. The number of carbonyl (C=O) groups excluding carboxylic acids is 1. The molecular weight excluding hydrogens is 352 g/mol. The van der Waals surface area contributed by atoms with Gasteiger partial charge in [-0.2, -0.15) is 0 Å². The molecule has 3 rings (SSSR count). The molecule has 0 aromatic heterocycles. The molecule has 0 spiro atoms. The number of rotatable bonds is 7. The van der Waals surface area contributed by atoms with E-state index in [0.717, 1.165) is 55.3 Å². The Balaban J connectivity index is 1.47. The van der Waals surface area contributed by atoms with E-state index in [2.05, 4.69) is 34.5 Å². The maximum atomic E-state index is 12.4. The monoisotopic (exact) mass is 382 g/mol. The van der Waals surface area contributed by atoms with Crippen molar-refractivity contribution in [2.75, 3.05) is 26.3 Å². The average molecular weight is 383 g/mol. The smallest absolute Gasteiger partial charge is 0.261 e. The van der Waals surface area contributed by atoms with Crippen molar-refractivity contribution in [3.63, 3.8) is 0 Å². The van der Waals surface area contributed by atoms with Crippen molar-refractivity contribution in [2.24, 2.45) is 0 Å². The van der Waals surface area contributed by atoms with E-state index in [1.807, 2.05) is 32.0 Å². The minimum atomic E-state index is -0.541. The fourth-order valence-electron chi connectivity index (χ4n) is 3.19. The van der Waals surface area contributed by atoms with E-state index in [1.54, 1.807) is 6.92 Å². The number of nitrogens with zero attached hydrogens (tertiary/aromatic N) is 1. The topological polar surface area (TPSA) is 50.8 Å². The number of aryl methyl sites for hydroxylation is 2. The fourth-order valence-corrected chi connectivity index (χ4v) is 3.19. The van der Waals surface area contributed by atoms with Crippen molar-refractivity contribution in [2.45, 2.75) is 40.0 Å². The molecule has 5 heteroatoms. The number of carbonyl (C=O) groups is 1. The van der Waals surface area contributed by atoms with Gasteiger partial charge in [0.25, 0.3) is 5.91 Å². The molecule has 1 aliphatic heterocycles. The first-order valence-electron chi connectivity index (χ1n) is 9.91. The fraction of sp³-hybridized carbons (Fsp3) is 0.435. The van der Waals surface area contributed by atoms with Gasteiger partial charge in [0.1, 0.15) is 5.75 Å². The molecule has 0 radical (unpaired) electrons. The van der Waals surface area contributed by atoms with E-state index in [1.165, 1.54) is 5.56 Å². The van der Waals surface area contributed by atoms with Crippen LogP contribution >= 0.6 is 0 Å². The Hall–Kier alpha value is -2.37. The summed E-state index contributed by atoms with van der Waals surface area (Å²) < 4.78 is 11.2. The zero-order valence-corrected chi connectivity index (χ0v) is 17.0. The number of hydrogen-bond acceptors (Lipinski definition) is 4. The molecule has 0 bridgehead atoms. The highest BCUT2D eigenvalue weighted by atomic mass is 16.5. The van der Waals surface area contributed by atoms with Gasteiger partial charge in [0.05, 0.1) is 13.2 Å². The van der Waals surface area contributed by atoms with Crippen LogP contribution < -0.4 is 10.1 Å². The average Bonchev–Trinajstić information content (AvgIpc) is 2.70. The largest absolute Gasteiger partial charge is 0.481 e. The molecule has 28 heavy (non-hydrogen) atoms. The predicted molar refractivity (Wildman–Crippen MR) is 110 cm³/mol. The quantitative estimate of drug-likeness (QED) is 0.799. The van der Waals surface area contributed by atoms with Gasteiger partial charge in [-0.05, 0) is 49.1 Å². The van der Waals surface area contributed by atoms with Crippen molar-refractivity contribution < 1.29 is 14.3 Å². The lowest BCUT2D eigenvalue weighted by molar-refractivity contribution is -0.127. The molecule has 1 aliphatic rings. The molecule has 5 nitrogen and oxygen atoms in total. The van der Waals surface area contributed by atoms with Crippen LogP contribution in [0.5, 0.6) is 5.75 Å². The van der Waals surface area contributed by atoms with Gasteiger partial charge < -0.3 is 14.8 Å². The van der Waals surface area contributed by atoms with Crippen LogP contribution in [0.25, 0.3) is 0 Å². The summed E-state index contributed by atoms with van der Waals surface area (Å²) in [4.78, 5) is 14.8. The third kappa shape index (κ3) is 5.81. The van der Waals surface area contributed by atoms with Crippen LogP contribution in [-0.4, -0.2) is 43.2 Å².